The number of aliphatic carboxylic acids is 1. The van der Waals surface area contributed by atoms with Gasteiger partial charge in [0.15, 0.2) is 6.04 Å². The van der Waals surface area contributed by atoms with E-state index in [0.29, 0.717) is 6.54 Å². The van der Waals surface area contributed by atoms with Gasteiger partial charge in [0.25, 0.3) is 0 Å². The van der Waals surface area contributed by atoms with Crippen molar-refractivity contribution in [3.63, 3.8) is 0 Å². The second kappa shape index (κ2) is 6.20. The maximum Gasteiger partial charge on any atom is 0.328 e. The Kier molecular flexibility index (Phi) is 5.62. The summed E-state index contributed by atoms with van der Waals surface area (Å²) in [6.45, 7) is 1.84. The van der Waals surface area contributed by atoms with Crippen LogP contribution >= 0.6 is 0 Å². The predicted molar refractivity (Wildman–Crippen MR) is 50.0 cm³/mol. The van der Waals surface area contributed by atoms with E-state index in [1.807, 2.05) is 6.92 Å². The molecule has 6 nitrogen and oxygen atoms in total. The minimum absolute atomic E-state index is 0.492. The Balaban J connectivity index is 4.08. The minimum atomic E-state index is -1.24. The zero-order valence-corrected chi connectivity index (χ0v) is 8.36. The van der Waals surface area contributed by atoms with Gasteiger partial charge in [0.05, 0.1) is 6.61 Å². The maximum atomic E-state index is 11.2. The highest BCUT2D eigenvalue weighted by Gasteiger charge is 2.20. The lowest BCUT2D eigenvalue weighted by Crippen LogP contribution is -2.48. The molecule has 0 heterocycles. The average molecular weight is 204 g/mol. The summed E-state index contributed by atoms with van der Waals surface area (Å²) in [5, 5.41) is 19.4. The Morgan fingerprint density at radius 1 is 1.50 bits per heavy atom. The number of nitrogens with one attached hydrogen (secondary N) is 1. The highest BCUT2D eigenvalue weighted by molar-refractivity contribution is 5.82. The van der Waals surface area contributed by atoms with Crippen LogP contribution < -0.4 is 5.32 Å². The molecule has 14 heavy (non-hydrogen) atoms. The molecule has 6 heteroatoms. The molecule has 0 spiro atoms. The molecule has 0 aliphatic rings. The van der Waals surface area contributed by atoms with Crippen molar-refractivity contribution in [1.29, 1.82) is 0 Å². The van der Waals surface area contributed by atoms with E-state index in [2.05, 4.69) is 5.32 Å². The first kappa shape index (κ1) is 12.7. The first-order valence-electron chi connectivity index (χ1n) is 4.38. The van der Waals surface area contributed by atoms with Crippen LogP contribution in [-0.4, -0.2) is 53.4 Å². The van der Waals surface area contributed by atoms with E-state index in [0.717, 1.165) is 6.42 Å². The van der Waals surface area contributed by atoms with Gasteiger partial charge in [-0.25, -0.2) is 9.59 Å². The van der Waals surface area contributed by atoms with Crippen molar-refractivity contribution >= 4 is 12.0 Å². The van der Waals surface area contributed by atoms with Gasteiger partial charge in [0, 0.05) is 13.6 Å². The maximum absolute atomic E-state index is 11.2. The Morgan fingerprint density at radius 2 is 2.07 bits per heavy atom. The van der Waals surface area contributed by atoms with Crippen LogP contribution in [0.1, 0.15) is 13.3 Å². The van der Waals surface area contributed by atoms with Gasteiger partial charge in [0.2, 0.25) is 0 Å². The van der Waals surface area contributed by atoms with Crippen molar-refractivity contribution < 1.29 is 19.8 Å². The Morgan fingerprint density at radius 3 is 2.43 bits per heavy atom. The first-order valence-corrected chi connectivity index (χ1v) is 4.38. The molecule has 2 amide bonds. The quantitative estimate of drug-likeness (QED) is 0.562. The Labute approximate surface area is 82.5 Å². The van der Waals surface area contributed by atoms with E-state index < -0.39 is 24.6 Å². The van der Waals surface area contributed by atoms with Gasteiger partial charge >= 0.3 is 12.0 Å². The summed E-state index contributed by atoms with van der Waals surface area (Å²) in [5.41, 5.74) is 0. The van der Waals surface area contributed by atoms with E-state index >= 15 is 0 Å². The van der Waals surface area contributed by atoms with Crippen molar-refractivity contribution in [3.05, 3.63) is 0 Å². The lowest BCUT2D eigenvalue weighted by molar-refractivity contribution is -0.140. The number of carboxylic acids is 1. The monoisotopic (exact) mass is 204 g/mol. The third kappa shape index (κ3) is 4.08. The van der Waals surface area contributed by atoms with Gasteiger partial charge in [-0.15, -0.1) is 0 Å². The number of nitrogens with zero attached hydrogens (tertiary/aromatic N) is 1. The van der Waals surface area contributed by atoms with Gasteiger partial charge in [-0.05, 0) is 6.42 Å². The molecule has 0 aliphatic heterocycles. The number of aliphatic hydroxyl groups is 1. The smallest absolute Gasteiger partial charge is 0.328 e. The molecule has 1 unspecified atom stereocenters. The topological polar surface area (TPSA) is 89.9 Å². The van der Waals surface area contributed by atoms with Crippen LogP contribution in [0.4, 0.5) is 4.79 Å². The van der Waals surface area contributed by atoms with Gasteiger partial charge < -0.3 is 20.4 Å². The second-order valence-corrected chi connectivity index (χ2v) is 2.94. The average Bonchev–Trinajstić information content (AvgIpc) is 2.13. The summed E-state index contributed by atoms with van der Waals surface area (Å²) >= 11 is 0. The van der Waals surface area contributed by atoms with Crippen LogP contribution in [0.3, 0.4) is 0 Å². The molecule has 82 valence electrons. The van der Waals surface area contributed by atoms with Crippen LogP contribution in [0.15, 0.2) is 0 Å². The van der Waals surface area contributed by atoms with Crippen molar-refractivity contribution in [2.24, 2.45) is 0 Å². The van der Waals surface area contributed by atoms with Crippen LogP contribution in [0.5, 0.6) is 0 Å². The summed E-state index contributed by atoms with van der Waals surface area (Å²) in [7, 11) is 1.56. The fourth-order valence-electron chi connectivity index (χ4n) is 0.882. The SMILES string of the molecule is CCCN(C)C(=O)NC(CO)C(=O)O. The molecule has 0 saturated carbocycles. The van der Waals surface area contributed by atoms with Crippen LogP contribution in [-0.2, 0) is 4.79 Å². The molecule has 3 N–H and O–H groups in total. The van der Waals surface area contributed by atoms with Gasteiger partial charge in [-0.3, -0.25) is 0 Å². The fourth-order valence-corrected chi connectivity index (χ4v) is 0.882. The zero-order chi connectivity index (χ0) is 11.1. The number of carbonyl (C=O) groups excluding carboxylic acids is 1. The number of urea groups is 1. The van der Waals surface area contributed by atoms with Gasteiger partial charge in [-0.2, -0.15) is 0 Å². The number of carbonyl (C=O) groups is 2. The molecule has 0 bridgehead atoms. The summed E-state index contributed by atoms with van der Waals surface area (Å²) in [6, 6.07) is -1.73. The third-order valence-electron chi connectivity index (χ3n) is 1.68. The number of aliphatic hydroxyl groups excluding tert-OH is 1. The van der Waals surface area contributed by atoms with E-state index in [1.165, 1.54) is 4.90 Å². The number of rotatable bonds is 5. The lowest BCUT2D eigenvalue weighted by atomic mass is 10.3. The number of amides is 2. The second-order valence-electron chi connectivity index (χ2n) is 2.94. The predicted octanol–water partition coefficient (Wildman–Crippen LogP) is -0.517. The number of hydrogen-bond acceptors (Lipinski definition) is 3. The van der Waals surface area contributed by atoms with Crippen LogP contribution in [0, 0.1) is 0 Å². The highest BCUT2D eigenvalue weighted by atomic mass is 16.4. The zero-order valence-electron chi connectivity index (χ0n) is 8.36. The standard InChI is InChI=1S/C8H16N2O4/c1-3-4-10(2)8(14)9-6(5-11)7(12)13/h6,11H,3-5H2,1-2H3,(H,9,14)(H,12,13). The van der Waals surface area contributed by atoms with Crippen LogP contribution in [0.25, 0.3) is 0 Å². The summed E-state index contributed by atoms with van der Waals surface area (Å²) in [6.07, 6.45) is 0.792. The summed E-state index contributed by atoms with van der Waals surface area (Å²) in [4.78, 5) is 23.1. The lowest BCUT2D eigenvalue weighted by Gasteiger charge is -2.19. The number of carboxylic acid groups (broad SMARTS) is 1. The van der Waals surface area contributed by atoms with E-state index in [1.54, 1.807) is 7.05 Å². The van der Waals surface area contributed by atoms with Crippen LogP contribution in [0.2, 0.25) is 0 Å². The summed E-state index contributed by atoms with van der Waals surface area (Å²) in [5.74, 6) is -1.24. The first-order chi connectivity index (χ1) is 6.52. The van der Waals surface area contributed by atoms with Crippen molar-refractivity contribution in [2.75, 3.05) is 20.2 Å². The molecule has 0 aromatic heterocycles. The number of hydrogen-bond donors (Lipinski definition) is 3. The fraction of sp³-hybridized carbons (Fsp3) is 0.750. The van der Waals surface area contributed by atoms with Crippen molar-refractivity contribution in [1.82, 2.24) is 10.2 Å². The van der Waals surface area contributed by atoms with Gasteiger partial charge in [-0.1, -0.05) is 6.92 Å². The van der Waals surface area contributed by atoms with Crippen molar-refractivity contribution in [3.8, 4) is 0 Å². The van der Waals surface area contributed by atoms with Gasteiger partial charge in [0.1, 0.15) is 0 Å². The summed E-state index contributed by atoms with van der Waals surface area (Å²) < 4.78 is 0. The molecular weight excluding hydrogens is 188 g/mol. The third-order valence-corrected chi connectivity index (χ3v) is 1.68. The highest BCUT2D eigenvalue weighted by Crippen LogP contribution is 1.90. The van der Waals surface area contributed by atoms with Crippen molar-refractivity contribution in [2.45, 2.75) is 19.4 Å². The molecule has 1 atom stereocenters. The normalized spacial score (nSPS) is 11.9. The molecule has 0 radical (unpaired) electrons. The molecule has 0 aliphatic carbocycles. The molecule has 0 saturated heterocycles. The van der Waals surface area contributed by atoms with E-state index in [4.69, 9.17) is 10.2 Å². The minimum Gasteiger partial charge on any atom is -0.480 e. The Bertz CT molecular complexity index is 208. The molecule has 0 fully saturated rings. The van der Waals surface area contributed by atoms with E-state index in [-0.39, 0.29) is 0 Å². The molecule has 0 aromatic carbocycles. The van der Waals surface area contributed by atoms with E-state index in [9.17, 15) is 9.59 Å². The molecule has 0 aromatic rings. The molecule has 0 rings (SSSR count). The Hall–Kier alpha value is -1.30. The molecular formula is C8H16N2O4. The largest absolute Gasteiger partial charge is 0.480 e.